The molecule has 120 valence electrons. The largest absolute Gasteiger partial charge is 0.434 e. The summed E-state index contributed by atoms with van der Waals surface area (Å²) in [5.74, 6) is 0.199. The first-order valence-corrected chi connectivity index (χ1v) is 8.84. The van der Waals surface area contributed by atoms with E-state index in [0.717, 1.165) is 0 Å². The Morgan fingerprint density at radius 1 is 1.29 bits per heavy atom. The molecular weight excluding hydrogens is 300 g/mol. The molecule has 4 nitrogen and oxygen atoms in total. The second kappa shape index (κ2) is 8.29. The van der Waals surface area contributed by atoms with Crippen molar-refractivity contribution in [1.82, 2.24) is 5.32 Å². The molecule has 0 bridgehead atoms. The highest BCUT2D eigenvalue weighted by atomic mass is 32.2. The summed E-state index contributed by atoms with van der Waals surface area (Å²) in [6.07, 6.45) is 2.17. The van der Waals surface area contributed by atoms with Gasteiger partial charge in [0, 0.05) is 23.6 Å². The van der Waals surface area contributed by atoms with E-state index >= 15 is 0 Å². The Labute approximate surface area is 124 Å². The Hall–Kier alpha value is -1.21. The number of hydrogen-bond donors (Lipinski definition) is 1. The SMILES string of the molecule is CCNC(CCCS(C)(=O)=O)c1ccccc1OC(F)F. The zero-order valence-electron chi connectivity index (χ0n) is 12.2. The first-order valence-electron chi connectivity index (χ1n) is 6.78. The summed E-state index contributed by atoms with van der Waals surface area (Å²) in [5, 5.41) is 3.18. The fraction of sp³-hybridized carbons (Fsp3) is 0.571. The van der Waals surface area contributed by atoms with E-state index in [2.05, 4.69) is 10.1 Å². The van der Waals surface area contributed by atoms with Gasteiger partial charge < -0.3 is 10.1 Å². The number of halogens is 2. The molecule has 1 rings (SSSR count). The predicted octanol–water partition coefficient (Wildman–Crippen LogP) is 2.76. The third kappa shape index (κ3) is 6.86. The van der Waals surface area contributed by atoms with Gasteiger partial charge in [-0.2, -0.15) is 8.78 Å². The molecule has 0 saturated heterocycles. The number of sulfone groups is 1. The summed E-state index contributed by atoms with van der Waals surface area (Å²) in [5.41, 5.74) is 0.619. The van der Waals surface area contributed by atoms with E-state index in [0.29, 0.717) is 24.9 Å². The summed E-state index contributed by atoms with van der Waals surface area (Å²) in [7, 11) is -3.03. The monoisotopic (exact) mass is 321 g/mol. The van der Waals surface area contributed by atoms with Crippen LogP contribution in [-0.2, 0) is 9.84 Å². The lowest BCUT2D eigenvalue weighted by molar-refractivity contribution is -0.0507. The second-order valence-electron chi connectivity index (χ2n) is 4.80. The van der Waals surface area contributed by atoms with Gasteiger partial charge in [-0.15, -0.1) is 0 Å². The van der Waals surface area contributed by atoms with Gasteiger partial charge in [-0.1, -0.05) is 25.1 Å². The maximum atomic E-state index is 12.4. The minimum Gasteiger partial charge on any atom is -0.434 e. The predicted molar refractivity (Wildman–Crippen MR) is 78.4 cm³/mol. The summed E-state index contributed by atoms with van der Waals surface area (Å²) in [6.45, 7) is -0.336. The van der Waals surface area contributed by atoms with Crippen molar-refractivity contribution in [2.45, 2.75) is 32.4 Å². The Morgan fingerprint density at radius 2 is 1.95 bits per heavy atom. The van der Waals surface area contributed by atoms with E-state index in [1.165, 1.54) is 12.3 Å². The second-order valence-corrected chi connectivity index (χ2v) is 7.06. The summed E-state index contributed by atoms with van der Waals surface area (Å²) in [4.78, 5) is 0. The molecule has 0 aliphatic rings. The molecule has 0 amide bonds. The van der Waals surface area contributed by atoms with Crippen molar-refractivity contribution in [2.24, 2.45) is 0 Å². The van der Waals surface area contributed by atoms with Crippen LogP contribution in [-0.4, -0.2) is 33.6 Å². The van der Waals surface area contributed by atoms with Gasteiger partial charge in [-0.25, -0.2) is 8.42 Å². The smallest absolute Gasteiger partial charge is 0.387 e. The average molecular weight is 321 g/mol. The van der Waals surface area contributed by atoms with Crippen LogP contribution >= 0.6 is 0 Å². The van der Waals surface area contributed by atoms with Crippen LogP contribution in [0.15, 0.2) is 24.3 Å². The van der Waals surface area contributed by atoms with Gasteiger partial charge in [0.25, 0.3) is 0 Å². The molecular formula is C14H21F2NO3S. The lowest BCUT2D eigenvalue weighted by atomic mass is 10.0. The molecule has 0 spiro atoms. The maximum Gasteiger partial charge on any atom is 0.387 e. The van der Waals surface area contributed by atoms with E-state index in [1.807, 2.05) is 6.92 Å². The molecule has 0 aliphatic carbocycles. The number of para-hydroxylation sites is 1. The highest BCUT2D eigenvalue weighted by molar-refractivity contribution is 7.90. The van der Waals surface area contributed by atoms with Crippen LogP contribution in [0.2, 0.25) is 0 Å². The van der Waals surface area contributed by atoms with Crippen molar-refractivity contribution in [3.05, 3.63) is 29.8 Å². The number of hydrogen-bond acceptors (Lipinski definition) is 4. The zero-order valence-corrected chi connectivity index (χ0v) is 13.0. The van der Waals surface area contributed by atoms with Gasteiger partial charge in [0.1, 0.15) is 15.6 Å². The molecule has 7 heteroatoms. The number of alkyl halides is 2. The average Bonchev–Trinajstić information content (AvgIpc) is 2.36. The quantitative estimate of drug-likeness (QED) is 0.760. The number of rotatable bonds is 9. The highest BCUT2D eigenvalue weighted by Gasteiger charge is 2.17. The van der Waals surface area contributed by atoms with Crippen LogP contribution in [0.1, 0.15) is 31.4 Å². The van der Waals surface area contributed by atoms with E-state index in [9.17, 15) is 17.2 Å². The Balaban J connectivity index is 2.84. The maximum absolute atomic E-state index is 12.4. The molecule has 0 heterocycles. The van der Waals surface area contributed by atoms with E-state index in [4.69, 9.17) is 0 Å². The fourth-order valence-electron chi connectivity index (χ4n) is 2.14. The Morgan fingerprint density at radius 3 is 2.52 bits per heavy atom. The standard InChI is InChI=1S/C14H21F2NO3S/c1-3-17-12(8-6-10-21(2,18)19)11-7-4-5-9-13(11)20-14(15)16/h4-5,7,9,12,14,17H,3,6,8,10H2,1-2H3. The fourth-order valence-corrected chi connectivity index (χ4v) is 2.83. The summed E-state index contributed by atoms with van der Waals surface area (Å²) >= 11 is 0. The number of benzene rings is 1. The number of ether oxygens (including phenoxy) is 1. The lowest BCUT2D eigenvalue weighted by Gasteiger charge is -2.21. The molecule has 0 aliphatic heterocycles. The van der Waals surface area contributed by atoms with Crippen LogP contribution in [0.4, 0.5) is 8.78 Å². The molecule has 1 aromatic carbocycles. The van der Waals surface area contributed by atoms with E-state index in [-0.39, 0.29) is 17.5 Å². The van der Waals surface area contributed by atoms with Crippen LogP contribution in [0.25, 0.3) is 0 Å². The van der Waals surface area contributed by atoms with Crippen LogP contribution in [0.3, 0.4) is 0 Å². The van der Waals surface area contributed by atoms with Gasteiger partial charge in [0.2, 0.25) is 0 Å². The van der Waals surface area contributed by atoms with Crippen molar-refractivity contribution < 1.29 is 21.9 Å². The summed E-state index contributed by atoms with van der Waals surface area (Å²) in [6, 6.07) is 6.36. The topological polar surface area (TPSA) is 55.4 Å². The zero-order chi connectivity index (χ0) is 15.9. The molecule has 1 N–H and O–H groups in total. The van der Waals surface area contributed by atoms with Gasteiger partial charge in [-0.05, 0) is 25.5 Å². The molecule has 0 fully saturated rings. The molecule has 1 unspecified atom stereocenters. The summed E-state index contributed by atoms with van der Waals surface area (Å²) < 4.78 is 51.8. The van der Waals surface area contributed by atoms with Crippen molar-refractivity contribution in [3.63, 3.8) is 0 Å². The third-order valence-electron chi connectivity index (χ3n) is 2.97. The Bertz CT molecular complexity index is 535. The first kappa shape index (κ1) is 17.8. The van der Waals surface area contributed by atoms with Crippen LogP contribution in [0.5, 0.6) is 5.75 Å². The van der Waals surface area contributed by atoms with Gasteiger partial charge in [0.15, 0.2) is 0 Å². The van der Waals surface area contributed by atoms with Crippen molar-refractivity contribution in [3.8, 4) is 5.75 Å². The highest BCUT2D eigenvalue weighted by Crippen LogP contribution is 2.29. The Kier molecular flexibility index (Phi) is 7.04. The molecule has 0 radical (unpaired) electrons. The molecule has 1 aromatic rings. The molecule has 0 aromatic heterocycles. The minimum atomic E-state index is -3.03. The normalized spacial score (nSPS) is 13.4. The first-order chi connectivity index (χ1) is 9.83. The molecule has 1 atom stereocenters. The molecule has 21 heavy (non-hydrogen) atoms. The van der Waals surface area contributed by atoms with Crippen molar-refractivity contribution in [1.29, 1.82) is 0 Å². The third-order valence-corrected chi connectivity index (χ3v) is 4.00. The van der Waals surface area contributed by atoms with Crippen molar-refractivity contribution in [2.75, 3.05) is 18.6 Å². The van der Waals surface area contributed by atoms with Gasteiger partial charge in [0.05, 0.1) is 0 Å². The van der Waals surface area contributed by atoms with Gasteiger partial charge >= 0.3 is 6.61 Å². The van der Waals surface area contributed by atoms with E-state index in [1.54, 1.807) is 18.2 Å². The van der Waals surface area contributed by atoms with Crippen LogP contribution in [0, 0.1) is 0 Å². The lowest BCUT2D eigenvalue weighted by Crippen LogP contribution is -2.22. The van der Waals surface area contributed by atoms with Gasteiger partial charge in [-0.3, -0.25) is 0 Å². The minimum absolute atomic E-state index is 0.0762. The molecule has 0 saturated carbocycles. The van der Waals surface area contributed by atoms with Crippen molar-refractivity contribution >= 4 is 9.84 Å². The van der Waals surface area contributed by atoms with E-state index < -0.39 is 16.4 Å². The number of nitrogens with one attached hydrogen (secondary N) is 1. The van der Waals surface area contributed by atoms with Crippen LogP contribution < -0.4 is 10.1 Å².